The van der Waals surface area contributed by atoms with Gasteiger partial charge in [0.05, 0.1) is 19.1 Å². The van der Waals surface area contributed by atoms with Gasteiger partial charge in [-0.1, -0.05) is 0 Å². The number of amides is 1. The zero-order chi connectivity index (χ0) is 15.9. The summed E-state index contributed by atoms with van der Waals surface area (Å²) >= 11 is 0. The maximum atomic E-state index is 11.8. The Balaban J connectivity index is 2.08. The molecule has 0 aromatic heterocycles. The first-order valence-electron chi connectivity index (χ1n) is 6.65. The Labute approximate surface area is 120 Å². The van der Waals surface area contributed by atoms with Gasteiger partial charge >= 0.3 is 12.1 Å². The average molecular weight is 312 g/mol. The van der Waals surface area contributed by atoms with Crippen molar-refractivity contribution in [1.29, 1.82) is 0 Å². The minimum Gasteiger partial charge on any atom is -0.481 e. The summed E-state index contributed by atoms with van der Waals surface area (Å²) in [5.74, 6) is -1.44. The van der Waals surface area contributed by atoms with Crippen molar-refractivity contribution in [2.24, 2.45) is 5.92 Å². The summed E-state index contributed by atoms with van der Waals surface area (Å²) < 4.78 is 39.7. The van der Waals surface area contributed by atoms with E-state index in [-0.39, 0.29) is 25.6 Å². The molecule has 2 N–H and O–H groups in total. The molecule has 1 amide bonds. The first-order valence-corrected chi connectivity index (χ1v) is 6.65. The van der Waals surface area contributed by atoms with Gasteiger partial charge in [0, 0.05) is 19.6 Å². The van der Waals surface area contributed by atoms with Crippen molar-refractivity contribution < 1.29 is 32.6 Å². The normalized spacial score (nSPS) is 17.0. The fourth-order valence-electron chi connectivity index (χ4n) is 2.02. The number of hydrogen-bond donors (Lipinski definition) is 2. The van der Waals surface area contributed by atoms with Crippen LogP contribution in [0.5, 0.6) is 0 Å². The van der Waals surface area contributed by atoms with E-state index in [1.165, 1.54) is 0 Å². The van der Waals surface area contributed by atoms with E-state index in [1.807, 2.05) is 0 Å². The van der Waals surface area contributed by atoms with Crippen LogP contribution in [-0.2, 0) is 14.3 Å². The largest absolute Gasteiger partial charge is 0.481 e. The number of halogens is 3. The van der Waals surface area contributed by atoms with E-state index in [0.29, 0.717) is 25.9 Å². The monoisotopic (exact) mass is 312 g/mol. The standard InChI is InChI=1S/C12H19F3N2O4/c13-12(14,15)8-21-6-3-16-7-10(18)17-4-1-9(2-5-17)11(19)20/h9,16H,1-8H2,(H,19,20). The summed E-state index contributed by atoms with van der Waals surface area (Å²) in [5, 5.41) is 11.5. The molecule has 0 aliphatic carbocycles. The van der Waals surface area contributed by atoms with Crippen LogP contribution in [0.2, 0.25) is 0 Å². The van der Waals surface area contributed by atoms with Crippen LogP contribution in [-0.4, -0.2) is 67.5 Å². The molecule has 0 spiro atoms. The van der Waals surface area contributed by atoms with E-state index in [1.54, 1.807) is 4.90 Å². The molecule has 21 heavy (non-hydrogen) atoms. The molecule has 6 nitrogen and oxygen atoms in total. The van der Waals surface area contributed by atoms with Crippen molar-refractivity contribution in [2.45, 2.75) is 19.0 Å². The molecule has 1 rings (SSSR count). The van der Waals surface area contributed by atoms with Crippen LogP contribution in [0.25, 0.3) is 0 Å². The molecular weight excluding hydrogens is 293 g/mol. The van der Waals surface area contributed by atoms with E-state index < -0.39 is 24.7 Å². The lowest BCUT2D eigenvalue weighted by Gasteiger charge is -2.30. The minimum absolute atomic E-state index is 0.00706. The molecule has 9 heteroatoms. The number of alkyl halides is 3. The molecule has 0 atom stereocenters. The SMILES string of the molecule is O=C(O)C1CCN(C(=O)CNCCOCC(F)(F)F)CC1. The summed E-state index contributed by atoms with van der Waals surface area (Å²) in [7, 11) is 0. The van der Waals surface area contributed by atoms with Crippen molar-refractivity contribution in [3.63, 3.8) is 0 Å². The van der Waals surface area contributed by atoms with Crippen molar-refractivity contribution in [1.82, 2.24) is 10.2 Å². The predicted octanol–water partition coefficient (Wildman–Crippen LogP) is 0.478. The number of carbonyl (C=O) groups is 2. The Morgan fingerprint density at radius 2 is 1.90 bits per heavy atom. The van der Waals surface area contributed by atoms with Gasteiger partial charge in [0.2, 0.25) is 5.91 Å². The van der Waals surface area contributed by atoms with Gasteiger partial charge in [0.15, 0.2) is 0 Å². The summed E-state index contributed by atoms with van der Waals surface area (Å²) in [4.78, 5) is 24.1. The molecule has 1 saturated heterocycles. The van der Waals surface area contributed by atoms with E-state index >= 15 is 0 Å². The van der Waals surface area contributed by atoms with Crippen LogP contribution in [0.15, 0.2) is 0 Å². The lowest BCUT2D eigenvalue weighted by Crippen LogP contribution is -2.44. The fraction of sp³-hybridized carbons (Fsp3) is 0.833. The van der Waals surface area contributed by atoms with Gasteiger partial charge in [-0.05, 0) is 12.8 Å². The zero-order valence-electron chi connectivity index (χ0n) is 11.5. The minimum atomic E-state index is -4.34. The number of ether oxygens (including phenoxy) is 1. The molecule has 0 bridgehead atoms. The van der Waals surface area contributed by atoms with E-state index in [4.69, 9.17) is 5.11 Å². The quantitative estimate of drug-likeness (QED) is 0.669. The van der Waals surface area contributed by atoms with Crippen LogP contribution in [0, 0.1) is 5.92 Å². The first kappa shape index (κ1) is 17.7. The third-order valence-corrected chi connectivity index (χ3v) is 3.16. The third kappa shape index (κ3) is 7.28. The number of carboxylic acid groups (broad SMARTS) is 1. The summed E-state index contributed by atoms with van der Waals surface area (Å²) in [6, 6.07) is 0. The molecule has 1 heterocycles. The molecule has 0 unspecified atom stereocenters. The third-order valence-electron chi connectivity index (χ3n) is 3.16. The maximum absolute atomic E-state index is 11.8. The van der Waals surface area contributed by atoms with E-state index in [9.17, 15) is 22.8 Å². The van der Waals surface area contributed by atoms with Crippen LogP contribution >= 0.6 is 0 Å². The summed E-state index contributed by atoms with van der Waals surface area (Å²) in [6.45, 7) is -0.496. The molecule has 1 fully saturated rings. The fourth-order valence-corrected chi connectivity index (χ4v) is 2.02. The van der Waals surface area contributed by atoms with Crippen molar-refractivity contribution in [3.05, 3.63) is 0 Å². The van der Waals surface area contributed by atoms with Gasteiger partial charge in [-0.25, -0.2) is 0 Å². The second kappa shape index (κ2) is 8.18. The number of carbonyl (C=O) groups excluding carboxylic acids is 1. The number of hydrogen-bond acceptors (Lipinski definition) is 4. The Morgan fingerprint density at radius 1 is 1.29 bits per heavy atom. The highest BCUT2D eigenvalue weighted by molar-refractivity contribution is 5.78. The number of nitrogens with zero attached hydrogens (tertiary/aromatic N) is 1. The Hall–Kier alpha value is -1.35. The highest BCUT2D eigenvalue weighted by Crippen LogP contribution is 2.17. The number of aliphatic carboxylic acids is 1. The van der Waals surface area contributed by atoms with Gasteiger partial charge < -0.3 is 20.1 Å². The van der Waals surface area contributed by atoms with Crippen LogP contribution in [0.4, 0.5) is 13.2 Å². The number of likely N-dealkylation sites (tertiary alicyclic amines) is 1. The highest BCUT2D eigenvalue weighted by Gasteiger charge is 2.27. The summed E-state index contributed by atoms with van der Waals surface area (Å²) in [6.07, 6.45) is -3.49. The first-order chi connectivity index (χ1) is 9.79. The summed E-state index contributed by atoms with van der Waals surface area (Å²) in [5.41, 5.74) is 0. The number of piperidine rings is 1. The molecule has 0 aromatic carbocycles. The van der Waals surface area contributed by atoms with Crippen LogP contribution < -0.4 is 5.32 Å². The lowest BCUT2D eigenvalue weighted by molar-refractivity contribution is -0.173. The molecule has 0 radical (unpaired) electrons. The number of rotatable bonds is 7. The average Bonchev–Trinajstić information content (AvgIpc) is 2.41. The Morgan fingerprint density at radius 3 is 2.43 bits per heavy atom. The molecule has 1 aliphatic rings. The molecule has 0 aromatic rings. The predicted molar refractivity (Wildman–Crippen MR) is 66.7 cm³/mol. The molecule has 1 aliphatic heterocycles. The second-order valence-electron chi connectivity index (χ2n) is 4.84. The van der Waals surface area contributed by atoms with Crippen molar-refractivity contribution in [2.75, 3.05) is 39.4 Å². The van der Waals surface area contributed by atoms with E-state index in [0.717, 1.165) is 0 Å². The van der Waals surface area contributed by atoms with Gasteiger partial charge in [-0.2, -0.15) is 13.2 Å². The highest BCUT2D eigenvalue weighted by atomic mass is 19.4. The number of nitrogens with one attached hydrogen (secondary N) is 1. The molecule has 0 saturated carbocycles. The van der Waals surface area contributed by atoms with Gasteiger partial charge in [-0.3, -0.25) is 9.59 Å². The van der Waals surface area contributed by atoms with E-state index in [2.05, 4.69) is 10.1 Å². The van der Waals surface area contributed by atoms with Gasteiger partial charge in [-0.15, -0.1) is 0 Å². The van der Waals surface area contributed by atoms with Crippen LogP contribution in [0.1, 0.15) is 12.8 Å². The van der Waals surface area contributed by atoms with Gasteiger partial charge in [0.1, 0.15) is 6.61 Å². The molecule has 122 valence electrons. The Kier molecular flexibility index (Phi) is 6.90. The smallest absolute Gasteiger partial charge is 0.411 e. The van der Waals surface area contributed by atoms with Gasteiger partial charge in [0.25, 0.3) is 0 Å². The Bertz CT molecular complexity index is 355. The maximum Gasteiger partial charge on any atom is 0.411 e. The zero-order valence-corrected chi connectivity index (χ0v) is 11.5. The van der Waals surface area contributed by atoms with Crippen molar-refractivity contribution >= 4 is 11.9 Å². The lowest BCUT2D eigenvalue weighted by atomic mass is 9.97. The molecular formula is C12H19F3N2O4. The topological polar surface area (TPSA) is 78.9 Å². The number of carboxylic acids is 1. The van der Waals surface area contributed by atoms with Crippen LogP contribution in [0.3, 0.4) is 0 Å². The second-order valence-corrected chi connectivity index (χ2v) is 4.84. The van der Waals surface area contributed by atoms with Crippen molar-refractivity contribution in [3.8, 4) is 0 Å².